The van der Waals surface area contributed by atoms with E-state index in [-0.39, 0.29) is 17.1 Å². The van der Waals surface area contributed by atoms with Crippen LogP contribution in [0.15, 0.2) is 12.2 Å². The molecule has 0 spiro atoms. The zero-order valence-corrected chi connectivity index (χ0v) is 11.3. The molecule has 0 saturated heterocycles. The zero-order valence-electron chi connectivity index (χ0n) is 11.3. The summed E-state index contributed by atoms with van der Waals surface area (Å²) in [6, 6.07) is 0. The van der Waals surface area contributed by atoms with E-state index in [1.165, 1.54) is 5.57 Å². The molecule has 0 radical (unpaired) electrons. The third kappa shape index (κ3) is 2.20. The smallest absolute Gasteiger partial charge is 0.139 e. The fourth-order valence-electron chi connectivity index (χ4n) is 3.79. The van der Waals surface area contributed by atoms with Gasteiger partial charge < -0.3 is 5.11 Å². The fourth-order valence-corrected chi connectivity index (χ4v) is 3.79. The molecule has 2 aliphatic rings. The van der Waals surface area contributed by atoms with Crippen LogP contribution in [0, 0.1) is 17.3 Å². The summed E-state index contributed by atoms with van der Waals surface area (Å²) >= 11 is 0. The van der Waals surface area contributed by atoms with E-state index in [0.29, 0.717) is 12.3 Å². The summed E-state index contributed by atoms with van der Waals surface area (Å²) in [5.74, 6) is 0.451. The Hall–Kier alpha value is -0.630. The molecule has 0 bridgehead atoms. The average Bonchev–Trinajstić information content (AvgIpc) is 2.13. The largest absolute Gasteiger partial charge is 0.390 e. The fraction of sp³-hybridized carbons (Fsp3) is 0.800. The average molecular weight is 236 g/mol. The first-order chi connectivity index (χ1) is 7.74. The van der Waals surface area contributed by atoms with E-state index < -0.39 is 5.60 Å². The van der Waals surface area contributed by atoms with E-state index in [1.807, 2.05) is 0 Å². The van der Waals surface area contributed by atoms with E-state index in [4.69, 9.17) is 0 Å². The molecule has 1 N–H and O–H groups in total. The Bertz CT molecular complexity index is 350. The molecule has 3 atom stereocenters. The topological polar surface area (TPSA) is 37.3 Å². The number of carbonyl (C=O) groups is 1. The van der Waals surface area contributed by atoms with Gasteiger partial charge in [0, 0.05) is 12.3 Å². The second-order valence-electron chi connectivity index (χ2n) is 6.80. The minimum Gasteiger partial charge on any atom is -0.390 e. The highest BCUT2D eigenvalue weighted by Gasteiger charge is 2.49. The van der Waals surface area contributed by atoms with Crippen molar-refractivity contribution in [1.29, 1.82) is 0 Å². The molecule has 0 amide bonds. The molecule has 0 aliphatic heterocycles. The Labute approximate surface area is 104 Å². The number of Topliss-reactive ketones (excluding diaryl/α,β-unsaturated/α-hetero) is 1. The van der Waals surface area contributed by atoms with Crippen LogP contribution in [0.5, 0.6) is 0 Å². The highest BCUT2D eigenvalue weighted by Crippen LogP contribution is 2.53. The van der Waals surface area contributed by atoms with Crippen molar-refractivity contribution in [1.82, 2.24) is 0 Å². The summed E-state index contributed by atoms with van der Waals surface area (Å²) in [7, 11) is 0. The maximum atomic E-state index is 12.2. The third-order valence-corrected chi connectivity index (χ3v) is 4.87. The third-order valence-electron chi connectivity index (χ3n) is 4.87. The monoisotopic (exact) mass is 236 g/mol. The molecule has 0 aromatic rings. The number of hydrogen-bond donors (Lipinski definition) is 1. The molecule has 96 valence electrons. The summed E-state index contributed by atoms with van der Waals surface area (Å²) in [6.07, 6.45) is 4.78. The van der Waals surface area contributed by atoms with Crippen LogP contribution >= 0.6 is 0 Å². The van der Waals surface area contributed by atoms with Gasteiger partial charge in [-0.2, -0.15) is 0 Å². The molecule has 2 heteroatoms. The predicted octanol–water partition coefficient (Wildman–Crippen LogP) is 3.10. The van der Waals surface area contributed by atoms with Gasteiger partial charge in [0.2, 0.25) is 0 Å². The van der Waals surface area contributed by atoms with Crippen molar-refractivity contribution in [3.8, 4) is 0 Å². The molecule has 2 aliphatic carbocycles. The molecular formula is C15H24O2. The van der Waals surface area contributed by atoms with Gasteiger partial charge in [-0.05, 0) is 50.9 Å². The van der Waals surface area contributed by atoms with Crippen molar-refractivity contribution in [3.05, 3.63) is 12.2 Å². The highest BCUT2D eigenvalue weighted by molar-refractivity contribution is 5.84. The number of rotatable bonds is 1. The van der Waals surface area contributed by atoms with Crippen molar-refractivity contribution in [3.63, 3.8) is 0 Å². The van der Waals surface area contributed by atoms with Gasteiger partial charge in [-0.1, -0.05) is 19.1 Å². The van der Waals surface area contributed by atoms with Crippen molar-refractivity contribution in [2.24, 2.45) is 17.3 Å². The number of fused-ring (bicyclic) bond motifs is 1. The normalized spacial score (nSPS) is 39.1. The van der Waals surface area contributed by atoms with Gasteiger partial charge >= 0.3 is 0 Å². The Kier molecular flexibility index (Phi) is 2.97. The van der Waals surface area contributed by atoms with E-state index in [9.17, 15) is 9.90 Å². The SMILES string of the molecule is C=C1CCC[C@]2(C)CC(=O)[C@@H](C(C)(C)O)CC12. The molecule has 0 aromatic carbocycles. The van der Waals surface area contributed by atoms with Gasteiger partial charge in [-0.25, -0.2) is 0 Å². The van der Waals surface area contributed by atoms with Gasteiger partial charge in [-0.3, -0.25) is 4.79 Å². The number of ketones is 1. The number of carbonyl (C=O) groups excluding carboxylic acids is 1. The predicted molar refractivity (Wildman–Crippen MR) is 68.6 cm³/mol. The lowest BCUT2D eigenvalue weighted by molar-refractivity contribution is -0.141. The summed E-state index contributed by atoms with van der Waals surface area (Å²) < 4.78 is 0. The summed E-state index contributed by atoms with van der Waals surface area (Å²) in [5, 5.41) is 10.1. The molecule has 2 rings (SSSR count). The van der Waals surface area contributed by atoms with Crippen molar-refractivity contribution < 1.29 is 9.90 Å². The van der Waals surface area contributed by atoms with Crippen LogP contribution in [0.1, 0.15) is 52.9 Å². The zero-order chi connectivity index (χ0) is 12.8. The first-order valence-electron chi connectivity index (χ1n) is 6.67. The van der Waals surface area contributed by atoms with E-state index >= 15 is 0 Å². The minimum absolute atomic E-state index is 0.105. The summed E-state index contributed by atoms with van der Waals surface area (Å²) in [6.45, 7) is 9.92. The first-order valence-corrected chi connectivity index (χ1v) is 6.67. The lowest BCUT2D eigenvalue weighted by Crippen LogP contribution is -2.49. The van der Waals surface area contributed by atoms with Crippen LogP contribution in [0.3, 0.4) is 0 Å². The lowest BCUT2D eigenvalue weighted by Gasteiger charge is -2.49. The van der Waals surface area contributed by atoms with Crippen LogP contribution in [-0.4, -0.2) is 16.5 Å². The van der Waals surface area contributed by atoms with Gasteiger partial charge in [0.25, 0.3) is 0 Å². The van der Waals surface area contributed by atoms with Crippen LogP contribution in [0.4, 0.5) is 0 Å². The minimum atomic E-state index is -0.893. The van der Waals surface area contributed by atoms with Gasteiger partial charge in [-0.15, -0.1) is 0 Å². The molecular weight excluding hydrogens is 212 g/mol. The molecule has 0 aromatic heterocycles. The summed E-state index contributed by atoms with van der Waals surface area (Å²) in [5.41, 5.74) is 0.505. The molecule has 2 saturated carbocycles. The van der Waals surface area contributed by atoms with Crippen LogP contribution in [0.25, 0.3) is 0 Å². The van der Waals surface area contributed by atoms with Crippen molar-refractivity contribution >= 4 is 5.78 Å². The van der Waals surface area contributed by atoms with Gasteiger partial charge in [0.15, 0.2) is 0 Å². The van der Waals surface area contributed by atoms with Gasteiger partial charge in [0.1, 0.15) is 5.78 Å². The Morgan fingerprint density at radius 1 is 1.47 bits per heavy atom. The Balaban J connectivity index is 2.26. The maximum absolute atomic E-state index is 12.2. The molecule has 0 heterocycles. The Morgan fingerprint density at radius 3 is 2.71 bits per heavy atom. The second-order valence-corrected chi connectivity index (χ2v) is 6.80. The van der Waals surface area contributed by atoms with Crippen molar-refractivity contribution in [2.45, 2.75) is 58.5 Å². The van der Waals surface area contributed by atoms with Crippen LogP contribution in [-0.2, 0) is 4.79 Å². The van der Waals surface area contributed by atoms with E-state index in [1.54, 1.807) is 13.8 Å². The summed E-state index contributed by atoms with van der Waals surface area (Å²) in [4.78, 5) is 12.2. The quantitative estimate of drug-likeness (QED) is 0.710. The van der Waals surface area contributed by atoms with E-state index in [2.05, 4.69) is 13.5 Å². The lowest BCUT2D eigenvalue weighted by atomic mass is 9.55. The number of allylic oxidation sites excluding steroid dienone is 1. The molecule has 2 fully saturated rings. The van der Waals surface area contributed by atoms with Crippen LogP contribution in [0.2, 0.25) is 0 Å². The van der Waals surface area contributed by atoms with E-state index in [0.717, 1.165) is 25.7 Å². The standard InChI is InChI=1S/C15H24O2/c1-10-6-5-7-15(4)9-13(16)12(8-11(10)15)14(2,3)17/h11-12,17H,1,5-9H2,2-4H3/t11?,12-,15+/m0/s1. The first kappa shape index (κ1) is 12.8. The molecule has 1 unspecified atom stereocenters. The second kappa shape index (κ2) is 3.94. The van der Waals surface area contributed by atoms with Gasteiger partial charge in [0.05, 0.1) is 5.60 Å². The maximum Gasteiger partial charge on any atom is 0.139 e. The van der Waals surface area contributed by atoms with Crippen molar-refractivity contribution in [2.75, 3.05) is 0 Å². The Morgan fingerprint density at radius 2 is 2.12 bits per heavy atom. The molecule has 17 heavy (non-hydrogen) atoms. The van der Waals surface area contributed by atoms with Crippen LogP contribution < -0.4 is 0 Å². The number of aliphatic hydroxyl groups is 1. The highest BCUT2D eigenvalue weighted by atomic mass is 16.3. The number of hydrogen-bond acceptors (Lipinski definition) is 2. The molecule has 2 nitrogen and oxygen atoms in total.